The molecule has 0 fully saturated rings. The number of pyridine rings is 1. The summed E-state index contributed by atoms with van der Waals surface area (Å²) in [5, 5.41) is 14.8. The molecule has 11 heteroatoms. The fourth-order valence-corrected chi connectivity index (χ4v) is 2.01. The molecule has 0 aliphatic carbocycles. The normalized spacial score (nSPS) is 12.2. The molecule has 0 aromatic carbocycles. The highest BCUT2D eigenvalue weighted by atomic mass is 35.5. The Kier molecular flexibility index (Phi) is 6.69. The molecule has 2 amide bonds. The number of allylic oxidation sites excluding steroid dienone is 1. The van der Waals surface area contributed by atoms with Crippen molar-refractivity contribution in [3.05, 3.63) is 34.7 Å². The van der Waals surface area contributed by atoms with Gasteiger partial charge in [0.25, 0.3) is 0 Å². The number of carbonyl (C=O) groups excluding carboxylic acids is 1. The second kappa shape index (κ2) is 8.14. The summed E-state index contributed by atoms with van der Waals surface area (Å²) in [6, 6.07) is 1.89. The molecular formula is C15H18ClF3N6O. The van der Waals surface area contributed by atoms with E-state index in [2.05, 4.69) is 21.0 Å². The van der Waals surface area contributed by atoms with Crippen molar-refractivity contribution < 1.29 is 18.0 Å². The number of hydrazine groups is 1. The van der Waals surface area contributed by atoms with Gasteiger partial charge in [-0.2, -0.15) is 18.4 Å². The predicted octanol–water partition coefficient (Wildman–Crippen LogP) is 3.16. The monoisotopic (exact) mass is 390 g/mol. The van der Waals surface area contributed by atoms with Gasteiger partial charge in [-0.25, -0.2) is 9.78 Å². The first-order chi connectivity index (χ1) is 11.8. The number of aromatic nitrogens is 1. The Hall–Kier alpha value is -2.67. The Bertz CT molecular complexity index is 736. The average molecular weight is 391 g/mol. The lowest BCUT2D eigenvalue weighted by Crippen LogP contribution is -2.49. The van der Waals surface area contributed by atoms with E-state index >= 15 is 0 Å². The highest BCUT2D eigenvalue weighted by Gasteiger charge is 2.32. The van der Waals surface area contributed by atoms with Crippen LogP contribution in [0.25, 0.3) is 0 Å². The summed E-state index contributed by atoms with van der Waals surface area (Å²) in [4.78, 5) is 15.6. The third-order valence-electron chi connectivity index (χ3n) is 2.70. The Morgan fingerprint density at radius 1 is 1.38 bits per heavy atom. The van der Waals surface area contributed by atoms with E-state index in [-0.39, 0.29) is 16.7 Å². The molecule has 0 atom stereocenters. The summed E-state index contributed by atoms with van der Waals surface area (Å²) >= 11 is 5.86. The van der Waals surface area contributed by atoms with Crippen LogP contribution >= 0.6 is 11.6 Å². The van der Waals surface area contributed by atoms with E-state index in [0.717, 1.165) is 12.1 Å². The smallest absolute Gasteiger partial charge is 0.333 e. The van der Waals surface area contributed by atoms with Crippen LogP contribution in [0.1, 0.15) is 26.3 Å². The van der Waals surface area contributed by atoms with E-state index in [1.807, 2.05) is 0 Å². The number of anilines is 1. The van der Waals surface area contributed by atoms with Crippen LogP contribution in [0.5, 0.6) is 0 Å². The van der Waals surface area contributed by atoms with Gasteiger partial charge in [-0.15, -0.1) is 0 Å². The minimum atomic E-state index is -4.57. The van der Waals surface area contributed by atoms with Crippen LogP contribution < -0.4 is 21.1 Å². The molecule has 0 radical (unpaired) electrons. The minimum Gasteiger partial charge on any atom is -0.333 e. The highest BCUT2D eigenvalue weighted by Crippen LogP contribution is 2.32. The minimum absolute atomic E-state index is 0.0190. The van der Waals surface area contributed by atoms with Crippen LogP contribution in [0.15, 0.2) is 24.2 Å². The molecule has 3 N–H and O–H groups in total. The van der Waals surface area contributed by atoms with Crippen molar-refractivity contribution in [1.29, 1.82) is 5.26 Å². The second-order valence-corrected chi connectivity index (χ2v) is 6.62. The number of urea groups is 1. The molecule has 0 aliphatic heterocycles. The summed E-state index contributed by atoms with van der Waals surface area (Å²) in [6.45, 7) is 5.31. The van der Waals surface area contributed by atoms with Gasteiger partial charge in [-0.1, -0.05) is 11.6 Å². The van der Waals surface area contributed by atoms with Crippen molar-refractivity contribution in [2.75, 3.05) is 12.1 Å². The van der Waals surface area contributed by atoms with Crippen molar-refractivity contribution in [2.24, 2.45) is 0 Å². The zero-order valence-corrected chi connectivity index (χ0v) is 15.2. The third kappa shape index (κ3) is 6.68. The largest absolute Gasteiger partial charge is 0.417 e. The van der Waals surface area contributed by atoms with Crippen LogP contribution in [0, 0.1) is 11.3 Å². The molecule has 26 heavy (non-hydrogen) atoms. The first-order valence-corrected chi connectivity index (χ1v) is 7.63. The number of alkyl halides is 3. The molecule has 0 saturated carbocycles. The third-order valence-corrected chi connectivity index (χ3v) is 2.98. The molecule has 0 bridgehead atoms. The van der Waals surface area contributed by atoms with Crippen LogP contribution in [-0.2, 0) is 6.18 Å². The molecular weight excluding hydrogens is 373 g/mol. The lowest BCUT2D eigenvalue weighted by atomic mass is 10.1. The van der Waals surface area contributed by atoms with Gasteiger partial charge in [-0.05, 0) is 26.8 Å². The predicted molar refractivity (Wildman–Crippen MR) is 90.9 cm³/mol. The van der Waals surface area contributed by atoms with Gasteiger partial charge in [0.1, 0.15) is 5.82 Å². The first-order valence-electron chi connectivity index (χ1n) is 7.25. The second-order valence-electron chi connectivity index (χ2n) is 6.21. The summed E-state index contributed by atoms with van der Waals surface area (Å²) in [6.07, 6.45) is -2.93. The topological polar surface area (TPSA) is 93.1 Å². The Balaban J connectivity index is 2.92. The van der Waals surface area contributed by atoms with Gasteiger partial charge in [-0.3, -0.25) is 15.8 Å². The fourth-order valence-electron chi connectivity index (χ4n) is 1.72. The fraction of sp³-hybridized carbons (Fsp3) is 0.400. The van der Waals surface area contributed by atoms with E-state index in [9.17, 15) is 18.0 Å². The van der Waals surface area contributed by atoms with E-state index in [1.54, 1.807) is 26.8 Å². The molecule has 0 saturated heterocycles. The summed E-state index contributed by atoms with van der Waals surface area (Å²) in [7, 11) is 1.41. The Labute approximate surface area is 153 Å². The van der Waals surface area contributed by atoms with Crippen molar-refractivity contribution in [3.63, 3.8) is 0 Å². The quantitative estimate of drug-likeness (QED) is 0.542. The number of nitrogens with zero attached hydrogens (tertiary/aromatic N) is 3. The van der Waals surface area contributed by atoms with E-state index in [1.165, 1.54) is 12.1 Å². The lowest BCUT2D eigenvalue weighted by Gasteiger charge is -2.25. The summed E-state index contributed by atoms with van der Waals surface area (Å²) in [5.41, 5.74) is 1.12. The molecule has 1 aromatic rings. The van der Waals surface area contributed by atoms with Gasteiger partial charge in [0.05, 0.1) is 22.7 Å². The summed E-state index contributed by atoms with van der Waals surface area (Å²) in [5.74, 6) is -0.0453. The average Bonchev–Trinajstić information content (AvgIpc) is 2.43. The van der Waals surface area contributed by atoms with Crippen LogP contribution in [0.3, 0.4) is 0 Å². The maximum atomic E-state index is 12.7. The Morgan fingerprint density at radius 2 is 2.00 bits per heavy atom. The van der Waals surface area contributed by atoms with Gasteiger partial charge < -0.3 is 5.32 Å². The zero-order valence-electron chi connectivity index (χ0n) is 14.5. The lowest BCUT2D eigenvalue weighted by molar-refractivity contribution is -0.137. The number of carbonyl (C=O) groups is 1. The van der Waals surface area contributed by atoms with Crippen LogP contribution in [0.4, 0.5) is 23.8 Å². The number of nitriles is 1. The van der Waals surface area contributed by atoms with Gasteiger partial charge in [0.15, 0.2) is 5.82 Å². The molecule has 7 nitrogen and oxygen atoms in total. The molecule has 0 unspecified atom stereocenters. The van der Waals surface area contributed by atoms with Crippen molar-refractivity contribution in [3.8, 4) is 6.07 Å². The first kappa shape index (κ1) is 21.4. The van der Waals surface area contributed by atoms with Crippen LogP contribution in [-0.4, -0.2) is 23.6 Å². The zero-order chi connectivity index (χ0) is 20.1. The van der Waals surface area contributed by atoms with E-state index in [0.29, 0.717) is 6.20 Å². The number of halogens is 4. The molecule has 1 aromatic heterocycles. The number of amides is 2. The number of hydrogen-bond donors (Lipinski definition) is 3. The van der Waals surface area contributed by atoms with E-state index < -0.39 is 23.3 Å². The molecule has 0 spiro atoms. The van der Waals surface area contributed by atoms with Gasteiger partial charge in [0, 0.05) is 18.8 Å². The number of rotatable bonds is 4. The molecule has 1 heterocycles. The van der Waals surface area contributed by atoms with Crippen molar-refractivity contribution in [1.82, 2.24) is 21.0 Å². The van der Waals surface area contributed by atoms with Crippen molar-refractivity contribution >= 4 is 23.4 Å². The standard InChI is InChI=1S/C15H18ClF3N6O/c1-14(2,3)23-13(26)22-11(5-6-20)24-25(4)12-10(16)7-9(8-21-12)15(17,18)19/h5,7-8,24H,1-4H3,(H2,22,23,26). The highest BCUT2D eigenvalue weighted by molar-refractivity contribution is 6.33. The van der Waals surface area contributed by atoms with Crippen molar-refractivity contribution in [2.45, 2.75) is 32.5 Å². The summed E-state index contributed by atoms with van der Waals surface area (Å²) < 4.78 is 38.0. The van der Waals surface area contributed by atoms with Gasteiger partial charge in [0.2, 0.25) is 0 Å². The molecule has 0 aliphatic rings. The SMILES string of the molecule is CN(NC(=CC#N)NC(=O)NC(C)(C)C)c1ncc(C(F)(F)F)cc1Cl. The molecule has 1 rings (SSSR count). The number of nitrogens with one attached hydrogen (secondary N) is 3. The van der Waals surface area contributed by atoms with Gasteiger partial charge >= 0.3 is 12.2 Å². The van der Waals surface area contributed by atoms with E-state index in [4.69, 9.17) is 16.9 Å². The van der Waals surface area contributed by atoms with Crippen LogP contribution in [0.2, 0.25) is 5.02 Å². The Morgan fingerprint density at radius 3 is 2.46 bits per heavy atom. The molecule has 142 valence electrons. The number of hydrogen-bond acceptors (Lipinski definition) is 5. The maximum absolute atomic E-state index is 12.7. The maximum Gasteiger partial charge on any atom is 0.417 e.